The number of hydrogen-bond donors (Lipinski definition) is 1. The van der Waals surface area contributed by atoms with Gasteiger partial charge in [0.05, 0.1) is 6.54 Å². The first-order valence-corrected chi connectivity index (χ1v) is 7.64. The monoisotopic (exact) mass is 307 g/mol. The summed E-state index contributed by atoms with van der Waals surface area (Å²) in [6, 6.07) is 5.61. The Morgan fingerprint density at radius 3 is 2.55 bits per heavy atom. The number of hydrogen-bond acceptors (Lipinski definition) is 3. The third-order valence-corrected chi connectivity index (χ3v) is 3.71. The van der Waals surface area contributed by atoms with Gasteiger partial charge in [-0.3, -0.25) is 14.5 Å². The van der Waals surface area contributed by atoms with Gasteiger partial charge in [-0.1, -0.05) is 0 Å². The molecule has 1 aromatic rings. The van der Waals surface area contributed by atoms with Gasteiger partial charge in [0, 0.05) is 38.3 Å². The number of nitrogens with zero attached hydrogens (tertiary/aromatic N) is 2. The zero-order chi connectivity index (χ0) is 15.9. The predicted molar refractivity (Wildman–Crippen MR) is 82.0 cm³/mol. The molecular weight excluding hydrogens is 285 g/mol. The summed E-state index contributed by atoms with van der Waals surface area (Å²) in [5.41, 5.74) is 0.499. The van der Waals surface area contributed by atoms with E-state index in [-0.39, 0.29) is 17.6 Å². The topological polar surface area (TPSA) is 52.7 Å². The molecule has 6 heteroatoms. The van der Waals surface area contributed by atoms with E-state index < -0.39 is 0 Å². The van der Waals surface area contributed by atoms with Crippen molar-refractivity contribution in [3.05, 3.63) is 35.6 Å². The van der Waals surface area contributed by atoms with Gasteiger partial charge >= 0.3 is 0 Å². The van der Waals surface area contributed by atoms with Crippen LogP contribution >= 0.6 is 0 Å². The van der Waals surface area contributed by atoms with Crippen LogP contribution in [0.5, 0.6) is 0 Å². The molecule has 5 nitrogen and oxygen atoms in total. The van der Waals surface area contributed by atoms with E-state index in [0.717, 1.165) is 13.0 Å². The maximum atomic E-state index is 12.9. The van der Waals surface area contributed by atoms with E-state index >= 15 is 0 Å². The Kier molecular flexibility index (Phi) is 5.89. The van der Waals surface area contributed by atoms with Gasteiger partial charge in [0.15, 0.2) is 0 Å². The molecule has 2 rings (SSSR count). The molecule has 1 N–H and O–H groups in total. The van der Waals surface area contributed by atoms with Crippen molar-refractivity contribution < 1.29 is 14.0 Å². The number of halogens is 1. The number of carbonyl (C=O) groups is 2. The Morgan fingerprint density at radius 2 is 1.86 bits per heavy atom. The molecule has 1 aromatic carbocycles. The lowest BCUT2D eigenvalue weighted by atomic mass is 10.2. The first kappa shape index (κ1) is 16.4. The van der Waals surface area contributed by atoms with E-state index in [0.29, 0.717) is 38.3 Å². The van der Waals surface area contributed by atoms with Crippen LogP contribution in [-0.4, -0.2) is 60.9 Å². The van der Waals surface area contributed by atoms with Crippen LogP contribution in [0.15, 0.2) is 24.3 Å². The van der Waals surface area contributed by atoms with Crippen LogP contribution in [-0.2, 0) is 4.79 Å². The Morgan fingerprint density at radius 1 is 1.14 bits per heavy atom. The summed E-state index contributed by atoms with van der Waals surface area (Å²) in [4.78, 5) is 27.9. The van der Waals surface area contributed by atoms with E-state index in [1.54, 1.807) is 4.90 Å². The smallest absolute Gasteiger partial charge is 0.253 e. The van der Waals surface area contributed by atoms with E-state index in [1.807, 2.05) is 6.92 Å². The van der Waals surface area contributed by atoms with Gasteiger partial charge in [0.1, 0.15) is 5.82 Å². The zero-order valence-corrected chi connectivity index (χ0v) is 12.8. The molecule has 1 fully saturated rings. The average Bonchev–Trinajstić information content (AvgIpc) is 2.73. The molecule has 1 heterocycles. The number of benzene rings is 1. The van der Waals surface area contributed by atoms with Crippen molar-refractivity contribution in [2.45, 2.75) is 13.3 Å². The number of likely N-dealkylation sites (N-methyl/N-ethyl adjacent to an activating group) is 1. The summed E-state index contributed by atoms with van der Waals surface area (Å²) < 4.78 is 12.9. The highest BCUT2D eigenvalue weighted by Gasteiger charge is 2.21. The first-order valence-electron chi connectivity index (χ1n) is 7.64. The molecule has 1 aliphatic heterocycles. The van der Waals surface area contributed by atoms with Gasteiger partial charge in [-0.2, -0.15) is 0 Å². The Hall–Kier alpha value is -1.95. The van der Waals surface area contributed by atoms with Crippen LogP contribution in [0, 0.1) is 5.82 Å². The van der Waals surface area contributed by atoms with Crippen LogP contribution in [0.2, 0.25) is 0 Å². The lowest BCUT2D eigenvalue weighted by molar-refractivity contribution is -0.122. The number of rotatable bonds is 4. The second kappa shape index (κ2) is 7.89. The number of amides is 2. The summed E-state index contributed by atoms with van der Waals surface area (Å²) in [5, 5.41) is 2.78. The van der Waals surface area contributed by atoms with Crippen molar-refractivity contribution >= 4 is 11.8 Å². The molecule has 0 atom stereocenters. The SMILES string of the molecule is CCNC(=O)CN1CCCN(C(=O)c2ccc(F)cc2)CC1. The zero-order valence-electron chi connectivity index (χ0n) is 12.8. The highest BCUT2D eigenvalue weighted by molar-refractivity contribution is 5.94. The molecule has 0 bridgehead atoms. The normalized spacial score (nSPS) is 16.2. The quantitative estimate of drug-likeness (QED) is 0.906. The summed E-state index contributed by atoms with van der Waals surface area (Å²) in [6.07, 6.45) is 0.826. The minimum absolute atomic E-state index is 0.0146. The highest BCUT2D eigenvalue weighted by atomic mass is 19.1. The molecule has 1 aliphatic rings. The lowest BCUT2D eigenvalue weighted by Crippen LogP contribution is -2.40. The van der Waals surface area contributed by atoms with Crippen molar-refractivity contribution in [1.29, 1.82) is 0 Å². The second-order valence-corrected chi connectivity index (χ2v) is 5.38. The fourth-order valence-electron chi connectivity index (χ4n) is 2.56. The van der Waals surface area contributed by atoms with Gasteiger partial charge in [0.25, 0.3) is 5.91 Å². The lowest BCUT2D eigenvalue weighted by Gasteiger charge is -2.21. The van der Waals surface area contributed by atoms with Crippen molar-refractivity contribution in [1.82, 2.24) is 15.1 Å². The molecule has 1 saturated heterocycles. The van der Waals surface area contributed by atoms with E-state index in [1.165, 1.54) is 24.3 Å². The average molecular weight is 307 g/mol. The largest absolute Gasteiger partial charge is 0.355 e. The number of carbonyl (C=O) groups excluding carboxylic acids is 2. The third-order valence-electron chi connectivity index (χ3n) is 3.71. The van der Waals surface area contributed by atoms with Gasteiger partial charge in [-0.15, -0.1) is 0 Å². The van der Waals surface area contributed by atoms with Gasteiger partial charge in [-0.25, -0.2) is 4.39 Å². The van der Waals surface area contributed by atoms with Crippen LogP contribution in [0.3, 0.4) is 0 Å². The standard InChI is InChI=1S/C16H22FN3O2/c1-2-18-15(21)12-19-8-3-9-20(11-10-19)16(22)13-4-6-14(17)7-5-13/h4-7H,2-3,8-12H2,1H3,(H,18,21). The van der Waals surface area contributed by atoms with E-state index in [2.05, 4.69) is 10.2 Å². The molecule has 0 radical (unpaired) electrons. The minimum atomic E-state index is -0.347. The van der Waals surface area contributed by atoms with Crippen molar-refractivity contribution in [3.63, 3.8) is 0 Å². The minimum Gasteiger partial charge on any atom is -0.355 e. The second-order valence-electron chi connectivity index (χ2n) is 5.38. The van der Waals surface area contributed by atoms with Crippen molar-refractivity contribution in [2.75, 3.05) is 39.3 Å². The molecule has 0 spiro atoms. The molecule has 0 aromatic heterocycles. The van der Waals surface area contributed by atoms with Crippen LogP contribution in [0.25, 0.3) is 0 Å². The van der Waals surface area contributed by atoms with Gasteiger partial charge in [-0.05, 0) is 37.6 Å². The van der Waals surface area contributed by atoms with Crippen LogP contribution < -0.4 is 5.32 Å². The summed E-state index contributed by atoms with van der Waals surface area (Å²) >= 11 is 0. The van der Waals surface area contributed by atoms with E-state index in [9.17, 15) is 14.0 Å². The maximum Gasteiger partial charge on any atom is 0.253 e. The third kappa shape index (κ3) is 4.53. The predicted octanol–water partition coefficient (Wildman–Crippen LogP) is 1.11. The molecular formula is C16H22FN3O2. The molecule has 0 saturated carbocycles. The fourth-order valence-corrected chi connectivity index (χ4v) is 2.56. The van der Waals surface area contributed by atoms with Crippen LogP contribution in [0.1, 0.15) is 23.7 Å². The molecule has 2 amide bonds. The molecule has 0 unspecified atom stereocenters. The van der Waals surface area contributed by atoms with Gasteiger partial charge < -0.3 is 10.2 Å². The fraction of sp³-hybridized carbons (Fsp3) is 0.500. The molecule has 0 aliphatic carbocycles. The van der Waals surface area contributed by atoms with Crippen molar-refractivity contribution in [2.24, 2.45) is 0 Å². The van der Waals surface area contributed by atoms with E-state index in [4.69, 9.17) is 0 Å². The van der Waals surface area contributed by atoms with Crippen LogP contribution in [0.4, 0.5) is 4.39 Å². The number of nitrogens with one attached hydrogen (secondary N) is 1. The molecule has 120 valence electrons. The Balaban J connectivity index is 1.91. The summed E-state index contributed by atoms with van der Waals surface area (Å²) in [7, 11) is 0. The molecule has 22 heavy (non-hydrogen) atoms. The maximum absolute atomic E-state index is 12.9. The highest BCUT2D eigenvalue weighted by Crippen LogP contribution is 2.10. The van der Waals surface area contributed by atoms with Gasteiger partial charge in [0.2, 0.25) is 5.91 Å². The Bertz CT molecular complexity index is 519. The summed E-state index contributed by atoms with van der Waals surface area (Å²) in [5.74, 6) is -0.416. The summed E-state index contributed by atoms with van der Waals surface area (Å²) in [6.45, 7) is 5.59. The Labute approximate surface area is 130 Å². The first-order chi connectivity index (χ1) is 10.6. The van der Waals surface area contributed by atoms with Crippen molar-refractivity contribution in [3.8, 4) is 0 Å².